The van der Waals surface area contributed by atoms with Crippen LogP contribution in [0.5, 0.6) is 23.0 Å². The molecule has 3 aromatic rings. The summed E-state index contributed by atoms with van der Waals surface area (Å²) in [6.07, 6.45) is 3.43. The molecule has 7 nitrogen and oxygen atoms in total. The second-order valence-electron chi connectivity index (χ2n) is 6.04. The monoisotopic (exact) mass is 394 g/mol. The van der Waals surface area contributed by atoms with E-state index < -0.39 is 0 Å². The van der Waals surface area contributed by atoms with E-state index in [1.807, 2.05) is 12.1 Å². The van der Waals surface area contributed by atoms with Gasteiger partial charge in [0.05, 0.1) is 21.3 Å². The van der Waals surface area contributed by atoms with Crippen molar-refractivity contribution in [2.75, 3.05) is 26.6 Å². The minimum atomic E-state index is -0.283. The molecule has 0 aliphatic heterocycles. The first kappa shape index (κ1) is 20.0. The number of amides is 1. The molecule has 29 heavy (non-hydrogen) atoms. The molecule has 0 saturated carbocycles. The molecule has 0 bridgehead atoms. The maximum absolute atomic E-state index is 12.6. The van der Waals surface area contributed by atoms with Gasteiger partial charge < -0.3 is 24.3 Å². The maximum Gasteiger partial charge on any atom is 0.255 e. The van der Waals surface area contributed by atoms with Gasteiger partial charge >= 0.3 is 0 Å². The van der Waals surface area contributed by atoms with Crippen LogP contribution in [0.2, 0.25) is 0 Å². The number of methoxy groups -OCH3 is 3. The van der Waals surface area contributed by atoms with Gasteiger partial charge in [-0.05, 0) is 36.4 Å². The summed E-state index contributed by atoms with van der Waals surface area (Å²) in [5.74, 6) is 1.84. The second kappa shape index (κ2) is 9.45. The van der Waals surface area contributed by atoms with Gasteiger partial charge in [-0.2, -0.15) is 0 Å². The summed E-state index contributed by atoms with van der Waals surface area (Å²) in [5, 5.41) is 2.85. The molecule has 0 radical (unpaired) electrons. The topological polar surface area (TPSA) is 78.9 Å². The van der Waals surface area contributed by atoms with E-state index in [9.17, 15) is 4.79 Å². The highest BCUT2D eigenvalue weighted by molar-refractivity contribution is 6.04. The van der Waals surface area contributed by atoms with Crippen molar-refractivity contribution in [2.45, 2.75) is 6.61 Å². The lowest BCUT2D eigenvalue weighted by molar-refractivity contribution is 0.102. The predicted molar refractivity (Wildman–Crippen MR) is 109 cm³/mol. The molecule has 1 N–H and O–H groups in total. The molecular weight excluding hydrogens is 372 g/mol. The van der Waals surface area contributed by atoms with Crippen LogP contribution in [0.4, 0.5) is 5.69 Å². The number of hydrogen-bond acceptors (Lipinski definition) is 6. The lowest BCUT2D eigenvalue weighted by atomic mass is 10.1. The van der Waals surface area contributed by atoms with Crippen molar-refractivity contribution in [2.24, 2.45) is 0 Å². The van der Waals surface area contributed by atoms with Crippen molar-refractivity contribution in [1.29, 1.82) is 0 Å². The molecule has 1 aromatic heterocycles. The Kier molecular flexibility index (Phi) is 6.52. The Hall–Kier alpha value is -3.74. The van der Waals surface area contributed by atoms with Crippen LogP contribution < -0.4 is 24.3 Å². The van der Waals surface area contributed by atoms with Crippen LogP contribution in [-0.4, -0.2) is 32.2 Å². The number of carbonyl (C=O) groups is 1. The molecule has 0 aliphatic rings. The summed E-state index contributed by atoms with van der Waals surface area (Å²) in [5.41, 5.74) is 1.94. The van der Waals surface area contributed by atoms with Crippen LogP contribution >= 0.6 is 0 Å². The predicted octanol–water partition coefficient (Wildman–Crippen LogP) is 3.94. The Morgan fingerprint density at radius 2 is 1.62 bits per heavy atom. The van der Waals surface area contributed by atoms with Gasteiger partial charge in [0.1, 0.15) is 6.61 Å². The Balaban J connectivity index is 1.76. The minimum absolute atomic E-state index is 0.283. The van der Waals surface area contributed by atoms with Crippen molar-refractivity contribution in [1.82, 2.24) is 4.98 Å². The van der Waals surface area contributed by atoms with E-state index in [0.29, 0.717) is 40.9 Å². The fraction of sp³-hybridized carbons (Fsp3) is 0.182. The molecule has 0 atom stereocenters. The SMILES string of the molecule is COc1ccc(C(=O)Nc2ccc(OC)c(OCc3cccnc3)c2)cc1OC. The summed E-state index contributed by atoms with van der Waals surface area (Å²) in [6.45, 7) is 0.331. The quantitative estimate of drug-likeness (QED) is 0.623. The van der Waals surface area contributed by atoms with E-state index in [0.717, 1.165) is 5.56 Å². The average Bonchev–Trinajstić information content (AvgIpc) is 2.78. The van der Waals surface area contributed by atoms with Crippen LogP contribution in [-0.2, 0) is 6.61 Å². The fourth-order valence-electron chi connectivity index (χ4n) is 2.69. The first-order valence-electron chi connectivity index (χ1n) is 8.87. The highest BCUT2D eigenvalue weighted by Gasteiger charge is 2.13. The smallest absolute Gasteiger partial charge is 0.255 e. The van der Waals surface area contributed by atoms with E-state index in [1.165, 1.54) is 7.11 Å². The molecule has 2 aromatic carbocycles. The summed E-state index contributed by atoms with van der Waals surface area (Å²) < 4.78 is 21.7. The van der Waals surface area contributed by atoms with Crippen molar-refractivity contribution < 1.29 is 23.7 Å². The molecular formula is C22H22N2O5. The molecule has 0 fully saturated rings. The lowest BCUT2D eigenvalue weighted by Gasteiger charge is -2.13. The maximum atomic E-state index is 12.6. The highest BCUT2D eigenvalue weighted by Crippen LogP contribution is 2.32. The first-order chi connectivity index (χ1) is 14.1. The zero-order valence-electron chi connectivity index (χ0n) is 16.5. The Bertz CT molecular complexity index is 976. The van der Waals surface area contributed by atoms with Gasteiger partial charge in [0.25, 0.3) is 5.91 Å². The van der Waals surface area contributed by atoms with Gasteiger partial charge in [-0.3, -0.25) is 9.78 Å². The minimum Gasteiger partial charge on any atom is -0.493 e. The van der Waals surface area contributed by atoms with Gasteiger partial charge in [-0.25, -0.2) is 0 Å². The third-order valence-electron chi connectivity index (χ3n) is 4.18. The summed E-state index contributed by atoms with van der Waals surface area (Å²) in [4.78, 5) is 16.7. The molecule has 1 amide bonds. The summed E-state index contributed by atoms with van der Waals surface area (Å²) in [7, 11) is 4.63. The molecule has 1 heterocycles. The van der Waals surface area contributed by atoms with E-state index >= 15 is 0 Å². The number of anilines is 1. The van der Waals surface area contributed by atoms with E-state index in [-0.39, 0.29) is 5.91 Å². The van der Waals surface area contributed by atoms with E-state index in [2.05, 4.69) is 10.3 Å². The van der Waals surface area contributed by atoms with Crippen molar-refractivity contribution >= 4 is 11.6 Å². The Labute approximate surface area is 169 Å². The molecule has 0 spiro atoms. The third kappa shape index (κ3) is 4.95. The fourth-order valence-corrected chi connectivity index (χ4v) is 2.69. The first-order valence-corrected chi connectivity index (χ1v) is 8.87. The van der Waals surface area contributed by atoms with Crippen molar-refractivity contribution in [3.05, 3.63) is 72.1 Å². The van der Waals surface area contributed by atoms with Crippen LogP contribution in [0.15, 0.2) is 60.9 Å². The van der Waals surface area contributed by atoms with E-state index in [1.54, 1.807) is 63.0 Å². The van der Waals surface area contributed by atoms with Crippen molar-refractivity contribution in [3.63, 3.8) is 0 Å². The van der Waals surface area contributed by atoms with Gasteiger partial charge in [-0.1, -0.05) is 6.07 Å². The number of carbonyl (C=O) groups excluding carboxylic acids is 1. The number of nitrogens with zero attached hydrogens (tertiary/aromatic N) is 1. The van der Waals surface area contributed by atoms with E-state index in [4.69, 9.17) is 18.9 Å². The standard InChI is InChI=1S/C22H22N2O5/c1-26-18-8-6-16(11-20(18)28-3)22(25)24-17-7-9-19(27-2)21(12-17)29-14-15-5-4-10-23-13-15/h4-13H,14H2,1-3H3,(H,24,25). The Morgan fingerprint density at radius 3 is 2.31 bits per heavy atom. The van der Waals surface area contributed by atoms with Crippen molar-refractivity contribution in [3.8, 4) is 23.0 Å². The Morgan fingerprint density at radius 1 is 0.897 bits per heavy atom. The number of nitrogens with one attached hydrogen (secondary N) is 1. The number of aromatic nitrogens is 1. The largest absolute Gasteiger partial charge is 0.493 e. The molecule has 3 rings (SSSR count). The van der Waals surface area contributed by atoms with Gasteiger partial charge in [0.2, 0.25) is 0 Å². The van der Waals surface area contributed by atoms with Crippen LogP contribution in [0.3, 0.4) is 0 Å². The number of hydrogen-bond donors (Lipinski definition) is 1. The zero-order chi connectivity index (χ0) is 20.6. The van der Waals surface area contributed by atoms with Gasteiger partial charge in [0, 0.05) is 35.3 Å². The number of rotatable bonds is 8. The highest BCUT2D eigenvalue weighted by atomic mass is 16.5. The molecule has 150 valence electrons. The summed E-state index contributed by atoms with van der Waals surface area (Å²) in [6, 6.07) is 13.9. The molecule has 0 saturated heterocycles. The van der Waals surface area contributed by atoms with Crippen LogP contribution in [0.1, 0.15) is 15.9 Å². The van der Waals surface area contributed by atoms with Gasteiger partial charge in [0.15, 0.2) is 23.0 Å². The number of ether oxygens (including phenoxy) is 4. The molecule has 7 heteroatoms. The number of pyridine rings is 1. The lowest BCUT2D eigenvalue weighted by Crippen LogP contribution is -2.12. The van der Waals surface area contributed by atoms with Crippen LogP contribution in [0, 0.1) is 0 Å². The van der Waals surface area contributed by atoms with Gasteiger partial charge in [-0.15, -0.1) is 0 Å². The molecule has 0 aliphatic carbocycles. The zero-order valence-corrected chi connectivity index (χ0v) is 16.5. The average molecular weight is 394 g/mol. The number of benzene rings is 2. The van der Waals surface area contributed by atoms with Crippen LogP contribution in [0.25, 0.3) is 0 Å². The third-order valence-corrected chi connectivity index (χ3v) is 4.18. The molecule has 0 unspecified atom stereocenters. The normalized spacial score (nSPS) is 10.2. The summed E-state index contributed by atoms with van der Waals surface area (Å²) >= 11 is 0. The second-order valence-corrected chi connectivity index (χ2v) is 6.04.